The van der Waals surface area contributed by atoms with Crippen LogP contribution in [0.1, 0.15) is 42.4 Å². The number of fused-ring (bicyclic) bond motifs is 1. The summed E-state index contributed by atoms with van der Waals surface area (Å²) in [5.41, 5.74) is 2.25. The van der Waals surface area contributed by atoms with Gasteiger partial charge in [0.05, 0.1) is 19.0 Å². The Kier molecular flexibility index (Phi) is 5.27. The maximum atomic E-state index is 13.2. The summed E-state index contributed by atoms with van der Waals surface area (Å²) in [6.45, 7) is 7.36. The minimum atomic E-state index is -0.569. The first-order chi connectivity index (χ1) is 13.2. The van der Waals surface area contributed by atoms with E-state index < -0.39 is 5.60 Å². The molecule has 3 rings (SSSR count). The Hall–Kier alpha value is -3.08. The van der Waals surface area contributed by atoms with Gasteiger partial charge < -0.3 is 9.47 Å². The normalized spacial score (nSPS) is 11.5. The molecule has 0 fully saturated rings. The van der Waals surface area contributed by atoms with Crippen LogP contribution in [0.3, 0.4) is 0 Å². The van der Waals surface area contributed by atoms with Gasteiger partial charge in [0.25, 0.3) is 5.91 Å². The fourth-order valence-corrected chi connectivity index (χ4v) is 3.31. The molecule has 1 heterocycles. The molecule has 0 amide bonds. The fraction of sp³-hybridized carbons (Fsp3) is 0.304. The number of carbonyl (C=O) groups is 2. The van der Waals surface area contributed by atoms with Gasteiger partial charge in [-0.2, -0.15) is 0 Å². The zero-order valence-corrected chi connectivity index (χ0v) is 16.9. The summed E-state index contributed by atoms with van der Waals surface area (Å²) >= 11 is 0. The molecule has 146 valence electrons. The summed E-state index contributed by atoms with van der Waals surface area (Å²) in [4.78, 5) is 25.7. The Labute approximate surface area is 164 Å². The van der Waals surface area contributed by atoms with Gasteiger partial charge in [-0.1, -0.05) is 18.2 Å². The number of methoxy groups -OCH3 is 1. The minimum absolute atomic E-state index is 0.0852. The van der Waals surface area contributed by atoms with Gasteiger partial charge in [-0.15, -0.1) is 0 Å². The number of ether oxygens (including phenoxy) is 2. The molecule has 0 saturated heterocycles. The molecule has 0 bridgehead atoms. The van der Waals surface area contributed by atoms with Crippen LogP contribution in [0.2, 0.25) is 0 Å². The van der Waals surface area contributed by atoms with Crippen LogP contribution in [0.4, 0.5) is 0 Å². The van der Waals surface area contributed by atoms with E-state index in [0.717, 1.165) is 22.2 Å². The smallest absolute Gasteiger partial charge is 0.310 e. The summed E-state index contributed by atoms with van der Waals surface area (Å²) in [7, 11) is 1.59. The van der Waals surface area contributed by atoms with Crippen molar-refractivity contribution >= 4 is 22.8 Å². The van der Waals surface area contributed by atoms with Crippen LogP contribution in [-0.2, 0) is 16.0 Å². The van der Waals surface area contributed by atoms with Gasteiger partial charge >= 0.3 is 5.97 Å². The number of aromatic nitrogens is 1. The lowest BCUT2D eigenvalue weighted by molar-refractivity contribution is -0.153. The molecule has 0 saturated carbocycles. The molecule has 0 spiro atoms. The van der Waals surface area contributed by atoms with E-state index in [1.165, 1.54) is 0 Å². The molecular weight excluding hydrogens is 354 g/mol. The number of hydrogen-bond donors (Lipinski definition) is 0. The molecule has 0 aliphatic carbocycles. The third kappa shape index (κ3) is 3.93. The van der Waals surface area contributed by atoms with Crippen LogP contribution >= 0.6 is 0 Å². The first-order valence-electron chi connectivity index (χ1n) is 9.21. The van der Waals surface area contributed by atoms with E-state index in [0.29, 0.717) is 11.3 Å². The molecule has 28 heavy (non-hydrogen) atoms. The van der Waals surface area contributed by atoms with Crippen molar-refractivity contribution in [1.82, 2.24) is 4.57 Å². The van der Waals surface area contributed by atoms with Gasteiger partial charge in [-0.3, -0.25) is 14.2 Å². The molecule has 0 unspecified atom stereocenters. The molecule has 0 atom stereocenters. The fourth-order valence-electron chi connectivity index (χ4n) is 3.31. The van der Waals surface area contributed by atoms with Gasteiger partial charge in [0.15, 0.2) is 0 Å². The van der Waals surface area contributed by atoms with Gasteiger partial charge in [0.2, 0.25) is 0 Å². The molecule has 5 nitrogen and oxygen atoms in total. The van der Waals surface area contributed by atoms with E-state index in [1.54, 1.807) is 23.8 Å². The Morgan fingerprint density at radius 2 is 1.71 bits per heavy atom. The van der Waals surface area contributed by atoms with Crippen molar-refractivity contribution in [3.05, 3.63) is 65.4 Å². The molecule has 5 heteroatoms. The highest BCUT2D eigenvalue weighted by Crippen LogP contribution is 2.31. The predicted octanol–water partition coefficient (Wildman–Crippen LogP) is 4.53. The molecule has 0 aliphatic heterocycles. The monoisotopic (exact) mass is 379 g/mol. The van der Waals surface area contributed by atoms with E-state index in [4.69, 9.17) is 9.47 Å². The Bertz CT molecular complexity index is 1030. The first kappa shape index (κ1) is 19.7. The second kappa shape index (κ2) is 7.50. The van der Waals surface area contributed by atoms with E-state index in [9.17, 15) is 9.59 Å². The number of benzene rings is 2. The second-order valence-electron chi connectivity index (χ2n) is 7.72. The molecule has 1 aromatic heterocycles. The number of rotatable bonds is 4. The molecule has 2 aromatic carbocycles. The molecule has 3 aromatic rings. The Morgan fingerprint density at radius 3 is 2.32 bits per heavy atom. The topological polar surface area (TPSA) is 57.5 Å². The largest absolute Gasteiger partial charge is 0.497 e. The van der Waals surface area contributed by atoms with Crippen molar-refractivity contribution in [2.24, 2.45) is 0 Å². The predicted molar refractivity (Wildman–Crippen MR) is 109 cm³/mol. The number of carbonyl (C=O) groups excluding carboxylic acids is 2. The second-order valence-corrected chi connectivity index (χ2v) is 7.72. The quantitative estimate of drug-likeness (QED) is 0.625. The molecule has 0 N–H and O–H groups in total. The summed E-state index contributed by atoms with van der Waals surface area (Å²) < 4.78 is 12.5. The number of hydrogen-bond acceptors (Lipinski definition) is 4. The standard InChI is InChI=1S/C23H25NO4/c1-15-18(14-21(25)28-23(2,3)4)19-13-17(27-5)11-12-20(19)24(15)22(26)16-9-7-6-8-10-16/h6-13H,14H2,1-5H3. The minimum Gasteiger partial charge on any atom is -0.497 e. The van der Waals surface area contributed by atoms with Crippen molar-refractivity contribution < 1.29 is 19.1 Å². The van der Waals surface area contributed by atoms with Crippen LogP contribution in [0.25, 0.3) is 10.9 Å². The van der Waals surface area contributed by atoms with Crippen LogP contribution in [0.15, 0.2) is 48.5 Å². The van der Waals surface area contributed by atoms with Crippen molar-refractivity contribution in [3.63, 3.8) is 0 Å². The highest BCUT2D eigenvalue weighted by Gasteiger charge is 2.24. The Balaban J connectivity index is 2.14. The highest BCUT2D eigenvalue weighted by atomic mass is 16.6. The van der Waals surface area contributed by atoms with Crippen molar-refractivity contribution in [2.75, 3.05) is 7.11 Å². The van der Waals surface area contributed by atoms with Gasteiger partial charge in [0, 0.05) is 16.6 Å². The van der Waals surface area contributed by atoms with E-state index in [1.807, 2.05) is 64.1 Å². The summed E-state index contributed by atoms with van der Waals surface area (Å²) in [6.07, 6.45) is 0.0852. The number of esters is 1. The zero-order valence-electron chi connectivity index (χ0n) is 16.9. The van der Waals surface area contributed by atoms with Crippen LogP contribution < -0.4 is 4.74 Å². The van der Waals surface area contributed by atoms with Gasteiger partial charge in [0.1, 0.15) is 11.4 Å². The van der Waals surface area contributed by atoms with Crippen LogP contribution in [0, 0.1) is 6.92 Å². The Morgan fingerprint density at radius 1 is 1.04 bits per heavy atom. The third-order valence-corrected chi connectivity index (χ3v) is 4.51. The lowest BCUT2D eigenvalue weighted by Gasteiger charge is -2.19. The summed E-state index contributed by atoms with van der Waals surface area (Å²) in [5.74, 6) is 0.204. The number of nitrogens with zero attached hydrogens (tertiary/aromatic N) is 1. The molecule has 0 radical (unpaired) electrons. The SMILES string of the molecule is COc1ccc2c(c1)c(CC(=O)OC(C)(C)C)c(C)n2C(=O)c1ccccc1. The molecule has 0 aliphatic rings. The lowest BCUT2D eigenvalue weighted by atomic mass is 10.1. The maximum absolute atomic E-state index is 13.2. The van der Waals surface area contributed by atoms with Gasteiger partial charge in [-0.05, 0) is 63.6 Å². The van der Waals surface area contributed by atoms with E-state index in [-0.39, 0.29) is 18.3 Å². The zero-order chi connectivity index (χ0) is 20.5. The highest BCUT2D eigenvalue weighted by molar-refractivity contribution is 6.04. The summed E-state index contributed by atoms with van der Waals surface area (Å²) in [5, 5.41) is 0.812. The van der Waals surface area contributed by atoms with Crippen molar-refractivity contribution in [2.45, 2.75) is 39.7 Å². The average Bonchev–Trinajstić information content (AvgIpc) is 2.91. The maximum Gasteiger partial charge on any atom is 0.310 e. The van der Waals surface area contributed by atoms with Crippen molar-refractivity contribution in [1.29, 1.82) is 0 Å². The van der Waals surface area contributed by atoms with Crippen molar-refractivity contribution in [3.8, 4) is 5.75 Å². The first-order valence-corrected chi connectivity index (χ1v) is 9.21. The van der Waals surface area contributed by atoms with E-state index >= 15 is 0 Å². The lowest BCUT2D eigenvalue weighted by Crippen LogP contribution is -2.25. The van der Waals surface area contributed by atoms with E-state index in [2.05, 4.69) is 0 Å². The molecular formula is C23H25NO4. The third-order valence-electron chi connectivity index (χ3n) is 4.51. The van der Waals surface area contributed by atoms with Crippen LogP contribution in [0.5, 0.6) is 5.75 Å². The van der Waals surface area contributed by atoms with Gasteiger partial charge in [-0.25, -0.2) is 0 Å². The summed E-state index contributed by atoms with van der Waals surface area (Å²) in [6, 6.07) is 14.6. The average molecular weight is 379 g/mol. The van der Waals surface area contributed by atoms with Crippen LogP contribution in [-0.4, -0.2) is 29.2 Å².